The highest BCUT2D eigenvalue weighted by Gasteiger charge is 2.13. The number of benzene rings is 1. The van der Waals surface area contributed by atoms with Crippen LogP contribution in [0.4, 0.5) is 0 Å². The number of rotatable bonds is 6. The van der Waals surface area contributed by atoms with Gasteiger partial charge in [-0.2, -0.15) is 0 Å². The fourth-order valence-electron chi connectivity index (χ4n) is 2.17. The van der Waals surface area contributed by atoms with E-state index in [-0.39, 0.29) is 18.3 Å². The van der Waals surface area contributed by atoms with Crippen LogP contribution in [0.5, 0.6) is 11.5 Å². The molecule has 2 aromatic rings. The highest BCUT2D eigenvalue weighted by atomic mass is 35.5. The molecule has 6 nitrogen and oxygen atoms in total. The Morgan fingerprint density at radius 3 is 2.52 bits per heavy atom. The second-order valence-electron chi connectivity index (χ2n) is 5.05. The molecule has 1 aromatic carbocycles. The van der Waals surface area contributed by atoms with Crippen LogP contribution >= 0.6 is 0 Å². The second kappa shape index (κ2) is 8.43. The van der Waals surface area contributed by atoms with Crippen LogP contribution in [-0.2, 0) is 24.9 Å². The molecule has 1 heterocycles. The van der Waals surface area contributed by atoms with E-state index in [1.54, 1.807) is 14.2 Å². The third-order valence-electron chi connectivity index (χ3n) is 3.65. The maximum Gasteiger partial charge on any atom is 0.262 e. The molecule has 0 unspecified atom stereocenters. The molecule has 0 radical (unpaired) electrons. The predicted octanol–water partition coefficient (Wildman–Crippen LogP) is -2.04. The zero-order chi connectivity index (χ0) is 16.1. The van der Waals surface area contributed by atoms with Crippen molar-refractivity contribution in [3.8, 4) is 11.5 Å². The third-order valence-corrected chi connectivity index (χ3v) is 3.65. The zero-order valence-corrected chi connectivity index (χ0v) is 14.6. The van der Waals surface area contributed by atoms with Gasteiger partial charge in [-0.25, -0.2) is 9.13 Å². The first-order valence-corrected chi connectivity index (χ1v) is 7.04. The first kappa shape index (κ1) is 18.8. The molecule has 0 aliphatic carbocycles. The van der Waals surface area contributed by atoms with Crippen molar-refractivity contribution >= 4 is 5.91 Å². The van der Waals surface area contributed by atoms with Crippen molar-refractivity contribution in [3.63, 3.8) is 0 Å². The van der Waals surface area contributed by atoms with E-state index in [4.69, 9.17) is 9.47 Å². The maximum absolute atomic E-state index is 12.0. The first-order chi connectivity index (χ1) is 10.5. The fraction of sp³-hybridized carbons (Fsp3) is 0.375. The molecule has 0 bridgehead atoms. The summed E-state index contributed by atoms with van der Waals surface area (Å²) in [5.41, 5.74) is 0.959. The summed E-state index contributed by atoms with van der Waals surface area (Å²) in [7, 11) is 5.14. The highest BCUT2D eigenvalue weighted by Crippen LogP contribution is 2.27. The van der Waals surface area contributed by atoms with Crippen molar-refractivity contribution in [1.82, 2.24) is 9.88 Å². The normalized spacial score (nSPS) is 9.91. The van der Waals surface area contributed by atoms with Gasteiger partial charge >= 0.3 is 0 Å². The Morgan fingerprint density at radius 1 is 1.26 bits per heavy atom. The van der Waals surface area contributed by atoms with Gasteiger partial charge in [0.15, 0.2) is 18.0 Å². The summed E-state index contributed by atoms with van der Waals surface area (Å²) in [4.78, 5) is 12.0. The number of hydrogen-bond acceptors (Lipinski definition) is 3. The Balaban J connectivity index is 0.00000264. The minimum absolute atomic E-state index is 0. The summed E-state index contributed by atoms with van der Waals surface area (Å²) >= 11 is 0. The summed E-state index contributed by atoms with van der Waals surface area (Å²) in [6.07, 6.45) is 3.82. The molecule has 1 N–H and O–H groups in total. The minimum Gasteiger partial charge on any atom is -1.00 e. The van der Waals surface area contributed by atoms with E-state index in [9.17, 15) is 4.79 Å². The quantitative estimate of drug-likeness (QED) is 0.617. The highest BCUT2D eigenvalue weighted by molar-refractivity contribution is 5.75. The van der Waals surface area contributed by atoms with Gasteiger partial charge < -0.3 is 27.2 Å². The monoisotopic (exact) mass is 339 g/mol. The Bertz CT molecular complexity index is 671. The lowest BCUT2D eigenvalue weighted by molar-refractivity contribution is -0.677. The van der Waals surface area contributed by atoms with Gasteiger partial charge in [-0.1, -0.05) is 6.07 Å². The predicted molar refractivity (Wildman–Crippen MR) is 81.7 cm³/mol. The molecule has 0 spiro atoms. The van der Waals surface area contributed by atoms with Crippen molar-refractivity contribution in [2.24, 2.45) is 7.05 Å². The molecule has 0 aliphatic heterocycles. The van der Waals surface area contributed by atoms with E-state index < -0.39 is 0 Å². The Labute approximate surface area is 142 Å². The molecule has 0 aliphatic rings. The summed E-state index contributed by atoms with van der Waals surface area (Å²) in [6, 6.07) is 5.60. The van der Waals surface area contributed by atoms with Gasteiger partial charge in [0.1, 0.15) is 12.4 Å². The number of ether oxygens (including phenoxy) is 2. The molecule has 0 atom stereocenters. The number of aryl methyl sites for hydroxylation is 1. The number of imidazole rings is 1. The fourth-order valence-corrected chi connectivity index (χ4v) is 2.17. The van der Waals surface area contributed by atoms with Crippen LogP contribution in [0, 0.1) is 6.92 Å². The number of nitrogens with zero attached hydrogens (tertiary/aromatic N) is 2. The average Bonchev–Trinajstić information content (AvgIpc) is 2.84. The molecular formula is C16H22ClN3O3. The molecular weight excluding hydrogens is 318 g/mol. The van der Waals surface area contributed by atoms with Crippen LogP contribution in [0.25, 0.3) is 0 Å². The number of carbonyl (C=O) groups excluding carboxylic acids is 1. The van der Waals surface area contributed by atoms with Crippen LogP contribution in [-0.4, -0.2) is 24.7 Å². The number of amides is 1. The number of nitrogens with one attached hydrogen (secondary N) is 1. The van der Waals surface area contributed by atoms with E-state index in [0.29, 0.717) is 24.6 Å². The summed E-state index contributed by atoms with van der Waals surface area (Å²) in [6.45, 7) is 2.73. The van der Waals surface area contributed by atoms with Crippen molar-refractivity contribution in [2.75, 3.05) is 14.2 Å². The van der Waals surface area contributed by atoms with Gasteiger partial charge in [-0.3, -0.25) is 4.79 Å². The van der Waals surface area contributed by atoms with Crippen molar-refractivity contribution < 1.29 is 31.2 Å². The molecule has 1 aromatic heterocycles. The molecule has 0 saturated carbocycles. The number of carbonyl (C=O) groups is 1. The van der Waals surface area contributed by atoms with Gasteiger partial charge in [0.05, 0.1) is 21.3 Å². The lowest BCUT2D eigenvalue weighted by atomic mass is 10.2. The first-order valence-electron chi connectivity index (χ1n) is 7.04. The topological polar surface area (TPSA) is 56.4 Å². The van der Waals surface area contributed by atoms with Crippen LogP contribution in [0.15, 0.2) is 30.6 Å². The Kier molecular flexibility index (Phi) is 6.90. The molecule has 1 amide bonds. The van der Waals surface area contributed by atoms with E-state index in [1.165, 1.54) is 0 Å². The van der Waals surface area contributed by atoms with Gasteiger partial charge in [-0.05, 0) is 17.7 Å². The second-order valence-corrected chi connectivity index (χ2v) is 5.05. The van der Waals surface area contributed by atoms with Crippen LogP contribution in [0.2, 0.25) is 0 Å². The van der Waals surface area contributed by atoms with Crippen molar-refractivity contribution in [2.45, 2.75) is 20.0 Å². The largest absolute Gasteiger partial charge is 1.00 e. The molecule has 0 saturated heterocycles. The zero-order valence-electron chi connectivity index (χ0n) is 13.8. The van der Waals surface area contributed by atoms with Crippen molar-refractivity contribution in [3.05, 3.63) is 42.0 Å². The van der Waals surface area contributed by atoms with Crippen LogP contribution < -0.4 is 31.8 Å². The number of methoxy groups -OCH3 is 2. The minimum atomic E-state index is -0.0333. The van der Waals surface area contributed by atoms with Crippen LogP contribution in [0.1, 0.15) is 11.4 Å². The smallest absolute Gasteiger partial charge is 0.262 e. The SMILES string of the molecule is COc1ccc(CNC(=O)Cn2cc[n+](C)c2C)cc1OC.[Cl-]. The summed E-state index contributed by atoms with van der Waals surface area (Å²) < 4.78 is 14.3. The van der Waals surface area contributed by atoms with Gasteiger partial charge in [-0.15, -0.1) is 0 Å². The van der Waals surface area contributed by atoms with E-state index in [1.807, 2.05) is 53.7 Å². The van der Waals surface area contributed by atoms with Crippen LogP contribution in [0.3, 0.4) is 0 Å². The third kappa shape index (κ3) is 4.63. The maximum atomic E-state index is 12.0. The molecule has 0 fully saturated rings. The van der Waals surface area contributed by atoms with E-state index >= 15 is 0 Å². The standard InChI is InChI=1S/C16H21N3O3.ClH/c1-12-18(2)7-8-19(12)11-16(20)17-10-13-5-6-14(21-3)15(9-13)22-4;/h5-9H,10-11H2,1-4H3;1H. The van der Waals surface area contributed by atoms with Gasteiger partial charge in [0.25, 0.3) is 11.7 Å². The number of hydrogen-bond donors (Lipinski definition) is 1. The van der Waals surface area contributed by atoms with Gasteiger partial charge in [0, 0.05) is 13.5 Å². The van der Waals surface area contributed by atoms with Crippen molar-refractivity contribution in [1.29, 1.82) is 0 Å². The van der Waals surface area contributed by atoms with Gasteiger partial charge in [0.2, 0.25) is 0 Å². The average molecular weight is 340 g/mol. The number of halogens is 1. The summed E-state index contributed by atoms with van der Waals surface area (Å²) in [5.74, 6) is 2.32. The lowest BCUT2D eigenvalue weighted by Crippen LogP contribution is -3.00. The summed E-state index contributed by atoms with van der Waals surface area (Å²) in [5, 5.41) is 2.91. The molecule has 126 valence electrons. The Hall–Kier alpha value is -2.21. The number of aromatic nitrogens is 2. The molecule has 7 heteroatoms. The molecule has 23 heavy (non-hydrogen) atoms. The van der Waals surface area contributed by atoms with E-state index in [0.717, 1.165) is 11.4 Å². The lowest BCUT2D eigenvalue weighted by Gasteiger charge is -2.10. The Morgan fingerprint density at radius 2 is 1.96 bits per heavy atom. The molecule has 2 rings (SSSR count). The van der Waals surface area contributed by atoms with E-state index in [2.05, 4.69) is 5.32 Å².